The summed E-state index contributed by atoms with van der Waals surface area (Å²) in [6.07, 6.45) is 2.05. The van der Waals surface area contributed by atoms with Crippen LogP contribution in [0.25, 0.3) is 0 Å². The molecule has 1 saturated carbocycles. The van der Waals surface area contributed by atoms with Gasteiger partial charge in [0.25, 0.3) is 5.56 Å². The summed E-state index contributed by atoms with van der Waals surface area (Å²) >= 11 is 1.78. The van der Waals surface area contributed by atoms with Crippen molar-refractivity contribution in [1.82, 2.24) is 15.3 Å². The summed E-state index contributed by atoms with van der Waals surface area (Å²) in [6, 6.07) is 0.0896. The smallest absolute Gasteiger partial charge is 0.407 e. The Balaban J connectivity index is 1.58. The third kappa shape index (κ3) is 3.88. The number of nitrogens with one attached hydrogen (secondary N) is 2. The van der Waals surface area contributed by atoms with Crippen molar-refractivity contribution in [3.63, 3.8) is 0 Å². The zero-order chi connectivity index (χ0) is 16.6. The maximum Gasteiger partial charge on any atom is 0.407 e. The molecule has 23 heavy (non-hydrogen) atoms. The topological polar surface area (TPSA) is 84.1 Å². The molecule has 1 amide bonds. The van der Waals surface area contributed by atoms with Crippen LogP contribution in [0.3, 0.4) is 0 Å². The number of carbonyl (C=O) groups is 1. The number of aryl methyl sites for hydroxylation is 1. The van der Waals surface area contributed by atoms with Crippen molar-refractivity contribution in [3.05, 3.63) is 27.4 Å². The van der Waals surface area contributed by atoms with Gasteiger partial charge in [-0.3, -0.25) is 4.79 Å². The third-order valence-corrected chi connectivity index (χ3v) is 5.08. The highest BCUT2D eigenvalue weighted by Crippen LogP contribution is 2.35. The van der Waals surface area contributed by atoms with E-state index in [9.17, 15) is 9.59 Å². The normalized spacial score (nSPS) is 23.6. The Bertz CT molecular complexity index is 660. The lowest BCUT2D eigenvalue weighted by Crippen LogP contribution is -2.46. The lowest BCUT2D eigenvalue weighted by molar-refractivity contribution is 0.0469. The van der Waals surface area contributed by atoms with Gasteiger partial charge >= 0.3 is 6.09 Å². The van der Waals surface area contributed by atoms with Crippen LogP contribution in [-0.2, 0) is 16.9 Å². The van der Waals surface area contributed by atoms with Gasteiger partial charge in [0, 0.05) is 23.3 Å². The lowest BCUT2D eigenvalue weighted by atomic mass is 9.79. The molecule has 0 spiro atoms. The minimum atomic E-state index is -0.490. The molecule has 1 aliphatic heterocycles. The van der Waals surface area contributed by atoms with E-state index in [1.807, 2.05) is 20.8 Å². The Morgan fingerprint density at radius 3 is 2.83 bits per heavy atom. The number of aromatic amines is 1. The Morgan fingerprint density at radius 2 is 2.13 bits per heavy atom. The first-order valence-electron chi connectivity index (χ1n) is 8.01. The molecule has 0 saturated heterocycles. The minimum absolute atomic E-state index is 0.000696. The fourth-order valence-electron chi connectivity index (χ4n) is 2.89. The van der Waals surface area contributed by atoms with Gasteiger partial charge in [0.15, 0.2) is 0 Å². The molecule has 2 heterocycles. The summed E-state index contributed by atoms with van der Waals surface area (Å²) < 4.78 is 5.25. The number of nitrogens with zero attached hydrogens (tertiary/aromatic N) is 1. The summed E-state index contributed by atoms with van der Waals surface area (Å²) in [5.74, 6) is 2.76. The number of thioether (sulfide) groups is 1. The number of H-pyrrole nitrogens is 1. The van der Waals surface area contributed by atoms with E-state index in [1.54, 1.807) is 11.8 Å². The molecular weight excluding hydrogens is 314 g/mol. The second-order valence-corrected chi connectivity index (χ2v) is 8.30. The second kappa shape index (κ2) is 6.19. The highest BCUT2D eigenvalue weighted by molar-refractivity contribution is 7.98. The highest BCUT2D eigenvalue weighted by atomic mass is 32.2. The van der Waals surface area contributed by atoms with Crippen LogP contribution < -0.4 is 10.9 Å². The van der Waals surface area contributed by atoms with Crippen LogP contribution in [0.2, 0.25) is 0 Å². The maximum atomic E-state index is 12.1. The Hall–Kier alpha value is -1.50. The molecule has 1 aliphatic carbocycles. The molecule has 0 unspecified atom stereocenters. The van der Waals surface area contributed by atoms with Crippen LogP contribution in [0.1, 0.15) is 56.6 Å². The molecule has 3 rings (SSSR count). The van der Waals surface area contributed by atoms with Crippen LogP contribution in [0.15, 0.2) is 4.79 Å². The van der Waals surface area contributed by atoms with Crippen LogP contribution in [-0.4, -0.2) is 33.5 Å². The molecule has 1 fully saturated rings. The van der Waals surface area contributed by atoms with Crippen LogP contribution in [0, 0.1) is 0 Å². The van der Waals surface area contributed by atoms with Crippen molar-refractivity contribution < 1.29 is 9.53 Å². The fraction of sp³-hybridized carbons (Fsp3) is 0.688. The second-order valence-electron chi connectivity index (χ2n) is 7.19. The molecule has 0 radical (unpaired) electrons. The van der Waals surface area contributed by atoms with E-state index in [-0.39, 0.29) is 23.6 Å². The van der Waals surface area contributed by atoms with Gasteiger partial charge in [0.1, 0.15) is 11.4 Å². The number of amides is 1. The van der Waals surface area contributed by atoms with Gasteiger partial charge in [-0.15, -0.1) is 0 Å². The predicted molar refractivity (Wildman–Crippen MR) is 89.9 cm³/mol. The molecule has 1 aromatic heterocycles. The zero-order valence-corrected chi connectivity index (χ0v) is 14.6. The molecule has 2 aliphatic rings. The number of fused-ring (bicyclic) bond motifs is 1. The van der Waals surface area contributed by atoms with Gasteiger partial charge in [0.05, 0.1) is 5.69 Å². The molecule has 126 valence electrons. The molecule has 0 atom stereocenters. The number of alkyl carbamates (subject to hydrolysis) is 1. The molecule has 0 aromatic carbocycles. The fourth-order valence-corrected chi connectivity index (χ4v) is 3.87. The quantitative estimate of drug-likeness (QED) is 0.865. The van der Waals surface area contributed by atoms with E-state index < -0.39 is 5.60 Å². The number of carbonyl (C=O) groups excluding carboxylic acids is 1. The van der Waals surface area contributed by atoms with E-state index in [0.717, 1.165) is 47.8 Å². The van der Waals surface area contributed by atoms with E-state index >= 15 is 0 Å². The summed E-state index contributed by atoms with van der Waals surface area (Å²) in [7, 11) is 0. The first kappa shape index (κ1) is 16.4. The number of hydrogen-bond acceptors (Lipinski definition) is 5. The van der Waals surface area contributed by atoms with Gasteiger partial charge in [-0.05, 0) is 45.8 Å². The average Bonchev–Trinajstić information content (AvgIpc) is 2.40. The van der Waals surface area contributed by atoms with Crippen molar-refractivity contribution in [2.24, 2.45) is 0 Å². The van der Waals surface area contributed by atoms with E-state index in [0.29, 0.717) is 0 Å². The first-order chi connectivity index (χ1) is 10.8. The third-order valence-electron chi connectivity index (χ3n) is 4.09. The van der Waals surface area contributed by atoms with E-state index in [1.165, 1.54) is 0 Å². The standard InChI is InChI=1S/C16H23N3O3S/c1-16(2,3)22-15(21)17-10-6-9(7-10)13-18-12-4-5-23-8-11(12)14(20)19-13/h9-10H,4-8H2,1-3H3,(H,17,21)(H,18,19,20)/t9-,10-. The van der Waals surface area contributed by atoms with Crippen molar-refractivity contribution in [1.29, 1.82) is 0 Å². The predicted octanol–water partition coefficient (Wildman–Crippen LogP) is 2.33. The van der Waals surface area contributed by atoms with Gasteiger partial charge in [-0.1, -0.05) is 0 Å². The largest absolute Gasteiger partial charge is 0.444 e. The SMILES string of the molecule is CC(C)(C)OC(=O)N[C@H]1C[C@H](c2nc3c(c(=O)[nH]2)CSCC3)C1. The number of ether oxygens (including phenoxy) is 1. The van der Waals surface area contributed by atoms with Crippen molar-refractivity contribution in [3.8, 4) is 0 Å². The van der Waals surface area contributed by atoms with Gasteiger partial charge in [-0.25, -0.2) is 9.78 Å². The van der Waals surface area contributed by atoms with E-state index in [4.69, 9.17) is 4.74 Å². The number of hydrogen-bond donors (Lipinski definition) is 2. The maximum absolute atomic E-state index is 12.1. The average molecular weight is 337 g/mol. The molecule has 2 N–H and O–H groups in total. The van der Waals surface area contributed by atoms with Crippen LogP contribution >= 0.6 is 11.8 Å². The van der Waals surface area contributed by atoms with Gasteiger partial charge < -0.3 is 15.0 Å². The monoisotopic (exact) mass is 337 g/mol. The van der Waals surface area contributed by atoms with Crippen LogP contribution in [0.4, 0.5) is 4.79 Å². The number of rotatable bonds is 2. The highest BCUT2D eigenvalue weighted by Gasteiger charge is 2.34. The first-order valence-corrected chi connectivity index (χ1v) is 9.16. The Kier molecular flexibility index (Phi) is 4.40. The number of aromatic nitrogens is 2. The molecular formula is C16H23N3O3S. The summed E-state index contributed by atoms with van der Waals surface area (Å²) in [5.41, 5.74) is 1.29. The van der Waals surface area contributed by atoms with E-state index in [2.05, 4.69) is 15.3 Å². The zero-order valence-electron chi connectivity index (χ0n) is 13.8. The van der Waals surface area contributed by atoms with Crippen molar-refractivity contribution in [2.45, 2.75) is 63.3 Å². The Labute approximate surface area is 139 Å². The van der Waals surface area contributed by atoms with Gasteiger partial charge in [-0.2, -0.15) is 11.8 Å². The molecule has 0 bridgehead atoms. The van der Waals surface area contributed by atoms with Crippen molar-refractivity contribution in [2.75, 3.05) is 5.75 Å². The molecule has 6 nitrogen and oxygen atoms in total. The van der Waals surface area contributed by atoms with Gasteiger partial charge in [0.2, 0.25) is 0 Å². The summed E-state index contributed by atoms with van der Waals surface area (Å²) in [6.45, 7) is 5.53. The minimum Gasteiger partial charge on any atom is -0.444 e. The summed E-state index contributed by atoms with van der Waals surface area (Å²) in [4.78, 5) is 31.5. The lowest BCUT2D eigenvalue weighted by Gasteiger charge is -2.35. The molecule has 7 heteroatoms. The Morgan fingerprint density at radius 1 is 1.39 bits per heavy atom. The molecule has 1 aromatic rings. The van der Waals surface area contributed by atoms with Crippen LogP contribution in [0.5, 0.6) is 0 Å². The van der Waals surface area contributed by atoms with Crippen molar-refractivity contribution >= 4 is 17.9 Å². The summed E-state index contributed by atoms with van der Waals surface area (Å²) in [5, 5.41) is 2.87.